The summed E-state index contributed by atoms with van der Waals surface area (Å²) in [5.74, 6) is 2.19. The predicted octanol–water partition coefficient (Wildman–Crippen LogP) is 3.96. The highest BCUT2D eigenvalue weighted by molar-refractivity contribution is 5.89. The van der Waals surface area contributed by atoms with Gasteiger partial charge in [-0.05, 0) is 61.0 Å². The van der Waals surface area contributed by atoms with Crippen LogP contribution < -0.4 is 16.0 Å². The normalized spacial score (nSPS) is 25.1. The van der Waals surface area contributed by atoms with Gasteiger partial charge < -0.3 is 20.9 Å². The smallest absolute Gasteiger partial charge is 0.123 e. The molecular formula is C26H30N6. The molecule has 4 N–H and O–H groups in total. The number of imidazole rings is 1. The molecule has 1 unspecified atom stereocenters. The van der Waals surface area contributed by atoms with Crippen LogP contribution in [0.3, 0.4) is 0 Å². The summed E-state index contributed by atoms with van der Waals surface area (Å²) in [4.78, 5) is 12.8. The van der Waals surface area contributed by atoms with Crippen molar-refractivity contribution in [2.75, 3.05) is 19.6 Å². The maximum Gasteiger partial charge on any atom is 0.123 e. The molecule has 0 bridgehead atoms. The molecule has 6 rings (SSSR count). The second-order valence-corrected chi connectivity index (χ2v) is 9.10. The molecule has 6 heteroatoms. The Morgan fingerprint density at radius 3 is 2.06 bits per heavy atom. The molecule has 4 heterocycles. The highest BCUT2D eigenvalue weighted by atomic mass is 15.2. The molecule has 2 saturated heterocycles. The Bertz CT molecular complexity index is 1090. The summed E-state index contributed by atoms with van der Waals surface area (Å²) in [5, 5.41) is 10.7. The van der Waals surface area contributed by atoms with Gasteiger partial charge in [0, 0.05) is 0 Å². The summed E-state index contributed by atoms with van der Waals surface area (Å²) >= 11 is 0. The Morgan fingerprint density at radius 2 is 1.38 bits per heavy atom. The van der Waals surface area contributed by atoms with Crippen LogP contribution in [-0.4, -0.2) is 41.5 Å². The lowest BCUT2D eigenvalue weighted by Gasteiger charge is -2.16. The number of amidine groups is 1. The first-order valence-corrected chi connectivity index (χ1v) is 11.9. The molecule has 0 saturated carbocycles. The maximum atomic E-state index is 4.75. The molecular weight excluding hydrogens is 396 g/mol. The van der Waals surface area contributed by atoms with E-state index in [1.54, 1.807) is 0 Å². The van der Waals surface area contributed by atoms with Crippen LogP contribution in [0.2, 0.25) is 0 Å². The number of hydrogen-bond acceptors (Lipinski definition) is 5. The second kappa shape index (κ2) is 8.52. The van der Waals surface area contributed by atoms with Crippen molar-refractivity contribution in [1.29, 1.82) is 0 Å². The van der Waals surface area contributed by atoms with E-state index >= 15 is 0 Å². The lowest BCUT2D eigenvalue weighted by molar-refractivity contribution is 0.613. The fraction of sp³-hybridized carbons (Fsp3) is 0.385. The van der Waals surface area contributed by atoms with Crippen LogP contribution in [-0.2, 0) is 0 Å². The number of aromatic nitrogens is 2. The summed E-state index contributed by atoms with van der Waals surface area (Å²) in [5.41, 5.74) is 6.01. The van der Waals surface area contributed by atoms with Gasteiger partial charge in [-0.25, -0.2) is 4.98 Å². The molecule has 1 aromatic heterocycles. The van der Waals surface area contributed by atoms with Gasteiger partial charge in [-0.3, -0.25) is 4.99 Å². The number of hydrogen-bond donors (Lipinski definition) is 4. The van der Waals surface area contributed by atoms with E-state index in [1.165, 1.54) is 41.5 Å². The monoisotopic (exact) mass is 426 g/mol. The van der Waals surface area contributed by atoms with Gasteiger partial charge in [0.25, 0.3) is 0 Å². The maximum absolute atomic E-state index is 4.75. The third kappa shape index (κ3) is 3.85. The Morgan fingerprint density at radius 1 is 0.719 bits per heavy atom. The van der Waals surface area contributed by atoms with Crippen molar-refractivity contribution < 1.29 is 0 Å². The second-order valence-electron chi connectivity index (χ2n) is 9.10. The predicted molar refractivity (Wildman–Crippen MR) is 129 cm³/mol. The number of H-pyrrole nitrogens is 1. The summed E-state index contributed by atoms with van der Waals surface area (Å²) in [6.45, 7) is 3.00. The molecule has 0 spiro atoms. The molecule has 32 heavy (non-hydrogen) atoms. The molecule has 3 aliphatic rings. The summed E-state index contributed by atoms with van der Waals surface area (Å²) in [6.07, 6.45) is 6.75. The Hall–Kier alpha value is -2.96. The van der Waals surface area contributed by atoms with Crippen molar-refractivity contribution in [1.82, 2.24) is 25.9 Å². The number of nitrogens with one attached hydrogen (secondary N) is 4. The van der Waals surface area contributed by atoms with Crippen LogP contribution in [0.25, 0.3) is 22.4 Å². The van der Waals surface area contributed by atoms with Gasteiger partial charge in [-0.15, -0.1) is 0 Å². The molecule has 0 amide bonds. The third-order valence-corrected chi connectivity index (χ3v) is 6.98. The lowest BCUT2D eigenvalue weighted by atomic mass is 9.99. The fourth-order valence-electron chi connectivity index (χ4n) is 5.11. The van der Waals surface area contributed by atoms with Gasteiger partial charge in [-0.1, -0.05) is 48.5 Å². The van der Waals surface area contributed by atoms with Gasteiger partial charge in [0.05, 0.1) is 36.6 Å². The van der Waals surface area contributed by atoms with Gasteiger partial charge in [0.2, 0.25) is 0 Å². The average Bonchev–Trinajstić information content (AvgIpc) is 3.66. The van der Waals surface area contributed by atoms with Crippen LogP contribution >= 0.6 is 0 Å². The zero-order chi connectivity index (χ0) is 21.3. The highest BCUT2D eigenvalue weighted by Crippen LogP contribution is 2.28. The number of aliphatic imine (C=N–C) groups is 1. The standard InChI is InChI=1S/C26H30N6/c1-3-21(27-13-1)25-29-15-23(31-25)19-9-5-17(6-10-19)18-7-11-20(12-8-18)24-16-30-26(32-24)22-4-2-14-28-22/h5-12,15,21-22,24,27-28H,1-4,13-14,16H2,(H,29,31)(H,30,32)/t21-,22-,24?/m0/s1. The lowest BCUT2D eigenvalue weighted by Crippen LogP contribution is -2.38. The van der Waals surface area contributed by atoms with E-state index in [1.807, 2.05) is 6.20 Å². The largest absolute Gasteiger partial charge is 0.364 e. The first-order valence-electron chi connectivity index (χ1n) is 11.9. The number of rotatable bonds is 5. The van der Waals surface area contributed by atoms with Crippen molar-refractivity contribution in [3.05, 3.63) is 66.1 Å². The van der Waals surface area contributed by atoms with Crippen molar-refractivity contribution >= 4 is 5.84 Å². The molecule has 2 aromatic carbocycles. The number of nitrogens with zero attached hydrogens (tertiary/aromatic N) is 2. The summed E-state index contributed by atoms with van der Waals surface area (Å²) < 4.78 is 0. The summed E-state index contributed by atoms with van der Waals surface area (Å²) in [6, 6.07) is 18.7. The Balaban J connectivity index is 1.12. The Labute approximate surface area is 189 Å². The SMILES string of the molecule is c1cc(-c2cnc([C@@H]3CCCN3)[nH]2)ccc1-c1ccc(C2CN=C([C@@H]3CCCN3)N2)cc1. The van der Waals surface area contributed by atoms with Crippen molar-refractivity contribution in [2.45, 2.75) is 43.8 Å². The minimum absolute atomic E-state index is 0.285. The quantitative estimate of drug-likeness (QED) is 0.498. The zero-order valence-electron chi connectivity index (χ0n) is 18.3. The molecule has 164 valence electrons. The molecule has 3 atom stereocenters. The molecule has 2 fully saturated rings. The van der Waals surface area contributed by atoms with E-state index in [0.29, 0.717) is 12.1 Å². The topological polar surface area (TPSA) is 77.1 Å². The first-order chi connectivity index (χ1) is 15.8. The summed E-state index contributed by atoms with van der Waals surface area (Å²) in [7, 11) is 0. The van der Waals surface area contributed by atoms with Gasteiger partial charge >= 0.3 is 0 Å². The van der Waals surface area contributed by atoms with Crippen LogP contribution in [0.5, 0.6) is 0 Å². The first kappa shape index (κ1) is 19.7. The minimum Gasteiger partial charge on any atom is -0.364 e. The van der Waals surface area contributed by atoms with E-state index in [0.717, 1.165) is 43.4 Å². The molecule has 3 aliphatic heterocycles. The highest BCUT2D eigenvalue weighted by Gasteiger charge is 2.27. The van der Waals surface area contributed by atoms with E-state index in [4.69, 9.17) is 4.99 Å². The third-order valence-electron chi connectivity index (χ3n) is 6.98. The van der Waals surface area contributed by atoms with Crippen molar-refractivity contribution in [3.63, 3.8) is 0 Å². The minimum atomic E-state index is 0.285. The van der Waals surface area contributed by atoms with Gasteiger partial charge in [-0.2, -0.15) is 0 Å². The number of aromatic amines is 1. The molecule has 0 aliphatic carbocycles. The van der Waals surface area contributed by atoms with Crippen LogP contribution in [0.15, 0.2) is 59.7 Å². The van der Waals surface area contributed by atoms with Gasteiger partial charge in [0.1, 0.15) is 11.7 Å². The van der Waals surface area contributed by atoms with Gasteiger partial charge in [0.15, 0.2) is 0 Å². The fourth-order valence-corrected chi connectivity index (χ4v) is 5.11. The van der Waals surface area contributed by atoms with E-state index in [2.05, 4.69) is 74.4 Å². The molecule has 6 nitrogen and oxygen atoms in total. The van der Waals surface area contributed by atoms with Crippen LogP contribution in [0.1, 0.15) is 49.2 Å². The zero-order valence-corrected chi connectivity index (χ0v) is 18.3. The van der Waals surface area contributed by atoms with E-state index in [-0.39, 0.29) is 6.04 Å². The molecule has 3 aromatic rings. The average molecular weight is 427 g/mol. The number of benzene rings is 2. The van der Waals surface area contributed by atoms with Crippen LogP contribution in [0.4, 0.5) is 0 Å². The van der Waals surface area contributed by atoms with Crippen molar-refractivity contribution in [3.8, 4) is 22.4 Å². The molecule has 0 radical (unpaired) electrons. The van der Waals surface area contributed by atoms with Crippen LogP contribution in [0, 0.1) is 0 Å². The van der Waals surface area contributed by atoms with E-state index < -0.39 is 0 Å². The Kier molecular flexibility index (Phi) is 5.25. The van der Waals surface area contributed by atoms with Crippen molar-refractivity contribution in [2.24, 2.45) is 4.99 Å². The van der Waals surface area contributed by atoms with E-state index in [9.17, 15) is 0 Å².